The van der Waals surface area contributed by atoms with E-state index in [0.29, 0.717) is 13.0 Å². The minimum atomic E-state index is -4.39. The quantitative estimate of drug-likeness (QED) is 0.662. The van der Waals surface area contributed by atoms with Gasteiger partial charge in [0.15, 0.2) is 0 Å². The monoisotopic (exact) mass is 183 g/mol. The van der Waals surface area contributed by atoms with E-state index < -0.39 is 18.5 Å². The zero-order chi connectivity index (χ0) is 9.61. The van der Waals surface area contributed by atoms with Crippen LogP contribution in [-0.4, -0.2) is 18.6 Å². The largest absolute Gasteiger partial charge is 0.397 e. The summed E-state index contributed by atoms with van der Waals surface area (Å²) in [6.45, 7) is 2.22. The van der Waals surface area contributed by atoms with Crippen LogP contribution in [0.4, 0.5) is 13.2 Å². The van der Waals surface area contributed by atoms with Gasteiger partial charge in [0.05, 0.1) is 0 Å². The normalized spacial score (nSPS) is 11.3. The maximum absolute atomic E-state index is 11.6. The number of carbonyl (C=O) groups excluding carboxylic acids is 1. The number of nitrogens with one attached hydrogen (secondary N) is 1. The fraction of sp³-hybridized carbons (Fsp3) is 0.857. The van der Waals surface area contributed by atoms with Gasteiger partial charge in [0.2, 0.25) is 5.91 Å². The van der Waals surface area contributed by atoms with Crippen LogP contribution in [0.2, 0.25) is 0 Å². The Bertz CT molecular complexity index is 144. The van der Waals surface area contributed by atoms with Gasteiger partial charge in [-0.3, -0.25) is 4.79 Å². The molecule has 0 saturated carbocycles. The van der Waals surface area contributed by atoms with Crippen LogP contribution in [0.3, 0.4) is 0 Å². The van der Waals surface area contributed by atoms with E-state index in [-0.39, 0.29) is 0 Å². The van der Waals surface area contributed by atoms with Gasteiger partial charge < -0.3 is 5.32 Å². The van der Waals surface area contributed by atoms with Crippen molar-refractivity contribution in [2.45, 2.75) is 32.4 Å². The first-order valence-corrected chi connectivity index (χ1v) is 3.79. The lowest BCUT2D eigenvalue weighted by molar-refractivity contribution is -0.153. The van der Waals surface area contributed by atoms with E-state index in [1.165, 1.54) is 0 Å². The van der Waals surface area contributed by atoms with Gasteiger partial charge in [0.25, 0.3) is 0 Å². The molecule has 1 amide bonds. The zero-order valence-electron chi connectivity index (χ0n) is 6.87. The van der Waals surface area contributed by atoms with E-state index >= 15 is 0 Å². The minimum absolute atomic E-state index is 0.325. The number of hydrogen-bond acceptors (Lipinski definition) is 1. The Balaban J connectivity index is 3.47. The van der Waals surface area contributed by atoms with Crippen molar-refractivity contribution in [1.29, 1.82) is 0 Å². The molecule has 0 radical (unpaired) electrons. The van der Waals surface area contributed by atoms with Crippen LogP contribution < -0.4 is 5.32 Å². The van der Waals surface area contributed by atoms with Gasteiger partial charge in [0, 0.05) is 6.54 Å². The van der Waals surface area contributed by atoms with Crippen molar-refractivity contribution < 1.29 is 18.0 Å². The molecular weight excluding hydrogens is 171 g/mol. The van der Waals surface area contributed by atoms with Gasteiger partial charge in [-0.25, -0.2) is 0 Å². The lowest BCUT2D eigenvalue weighted by Crippen LogP contribution is -2.29. The van der Waals surface area contributed by atoms with Crippen molar-refractivity contribution in [2.24, 2.45) is 0 Å². The highest BCUT2D eigenvalue weighted by molar-refractivity contribution is 5.76. The minimum Gasteiger partial charge on any atom is -0.356 e. The van der Waals surface area contributed by atoms with Crippen molar-refractivity contribution in [3.8, 4) is 0 Å². The Morgan fingerprint density at radius 3 is 2.42 bits per heavy atom. The highest BCUT2D eigenvalue weighted by Gasteiger charge is 2.30. The third-order valence-corrected chi connectivity index (χ3v) is 1.21. The zero-order valence-corrected chi connectivity index (χ0v) is 6.87. The Kier molecular flexibility index (Phi) is 4.70. The lowest BCUT2D eigenvalue weighted by atomic mass is 10.3. The predicted molar refractivity (Wildman–Crippen MR) is 38.6 cm³/mol. The second-order valence-electron chi connectivity index (χ2n) is 2.50. The van der Waals surface area contributed by atoms with Crippen LogP contribution in [0.1, 0.15) is 26.2 Å². The maximum atomic E-state index is 11.6. The van der Waals surface area contributed by atoms with Crippen molar-refractivity contribution in [3.05, 3.63) is 0 Å². The number of amides is 1. The molecule has 2 nitrogen and oxygen atoms in total. The molecule has 72 valence electrons. The molecule has 5 heteroatoms. The first-order chi connectivity index (χ1) is 5.45. The van der Waals surface area contributed by atoms with Crippen LogP contribution in [0.5, 0.6) is 0 Å². The van der Waals surface area contributed by atoms with Crippen LogP contribution in [0.25, 0.3) is 0 Å². The summed E-state index contributed by atoms with van der Waals surface area (Å²) in [6, 6.07) is 0. The molecule has 0 spiro atoms. The number of carbonyl (C=O) groups is 1. The fourth-order valence-corrected chi connectivity index (χ4v) is 0.649. The molecule has 0 fully saturated rings. The highest BCUT2D eigenvalue weighted by atomic mass is 19.4. The first kappa shape index (κ1) is 11.3. The van der Waals surface area contributed by atoms with Crippen LogP contribution in [0.15, 0.2) is 0 Å². The van der Waals surface area contributed by atoms with Crippen molar-refractivity contribution in [1.82, 2.24) is 5.32 Å². The number of alkyl halides is 3. The molecule has 0 heterocycles. The average molecular weight is 183 g/mol. The van der Waals surface area contributed by atoms with Gasteiger partial charge in [-0.05, 0) is 6.42 Å². The van der Waals surface area contributed by atoms with Gasteiger partial charge in [-0.15, -0.1) is 0 Å². The lowest BCUT2D eigenvalue weighted by Gasteiger charge is -2.06. The summed E-state index contributed by atoms with van der Waals surface area (Å²) in [4.78, 5) is 10.5. The van der Waals surface area contributed by atoms with Gasteiger partial charge >= 0.3 is 6.18 Å². The number of halogens is 3. The Hall–Kier alpha value is -0.740. The summed E-state index contributed by atoms with van der Waals surface area (Å²) >= 11 is 0. The topological polar surface area (TPSA) is 29.1 Å². The molecule has 0 rings (SSSR count). The van der Waals surface area contributed by atoms with Gasteiger partial charge in [0.1, 0.15) is 6.42 Å². The van der Waals surface area contributed by atoms with E-state index in [1.807, 2.05) is 6.92 Å². The molecule has 1 N–H and O–H groups in total. The standard InChI is InChI=1S/C7H12F3NO/c1-2-3-4-11-6(12)5-7(8,9)10/h2-5H2,1H3,(H,11,12). The third kappa shape index (κ3) is 7.37. The summed E-state index contributed by atoms with van der Waals surface area (Å²) in [5.41, 5.74) is 0. The molecule has 0 unspecified atom stereocenters. The Morgan fingerprint density at radius 1 is 1.42 bits per heavy atom. The summed E-state index contributed by atoms with van der Waals surface area (Å²) in [5.74, 6) is -0.948. The molecule has 0 aromatic heterocycles. The van der Waals surface area contributed by atoms with Crippen LogP contribution >= 0.6 is 0 Å². The highest BCUT2D eigenvalue weighted by Crippen LogP contribution is 2.18. The SMILES string of the molecule is CCCCNC(=O)CC(F)(F)F. The maximum Gasteiger partial charge on any atom is 0.397 e. The number of unbranched alkanes of at least 4 members (excludes halogenated alkanes) is 1. The molecule has 0 bridgehead atoms. The van der Waals surface area contributed by atoms with E-state index in [9.17, 15) is 18.0 Å². The molecule has 0 aliphatic rings. The molecule has 12 heavy (non-hydrogen) atoms. The molecule has 0 aliphatic heterocycles. The fourth-order valence-electron chi connectivity index (χ4n) is 0.649. The molecular formula is C7H12F3NO. The first-order valence-electron chi connectivity index (χ1n) is 3.79. The van der Waals surface area contributed by atoms with Crippen molar-refractivity contribution in [3.63, 3.8) is 0 Å². The van der Waals surface area contributed by atoms with Crippen LogP contribution in [0, 0.1) is 0 Å². The summed E-state index contributed by atoms with van der Waals surface area (Å²) in [7, 11) is 0. The van der Waals surface area contributed by atoms with Crippen LogP contribution in [-0.2, 0) is 4.79 Å². The molecule has 0 aromatic rings. The van der Waals surface area contributed by atoms with Crippen molar-refractivity contribution >= 4 is 5.91 Å². The summed E-state index contributed by atoms with van der Waals surface area (Å²) < 4.78 is 34.7. The second kappa shape index (κ2) is 5.00. The molecule has 0 aromatic carbocycles. The number of hydrogen-bond donors (Lipinski definition) is 1. The van der Waals surface area contributed by atoms with E-state index in [0.717, 1.165) is 6.42 Å². The predicted octanol–water partition coefficient (Wildman–Crippen LogP) is 1.86. The number of rotatable bonds is 4. The average Bonchev–Trinajstić information content (AvgIpc) is 1.84. The van der Waals surface area contributed by atoms with Crippen molar-refractivity contribution in [2.75, 3.05) is 6.54 Å². The van der Waals surface area contributed by atoms with E-state index in [1.54, 1.807) is 0 Å². The smallest absolute Gasteiger partial charge is 0.356 e. The second-order valence-corrected chi connectivity index (χ2v) is 2.50. The molecule has 0 atom stereocenters. The van der Waals surface area contributed by atoms with Gasteiger partial charge in [-0.2, -0.15) is 13.2 Å². The third-order valence-electron chi connectivity index (χ3n) is 1.21. The Labute approximate surface area is 69.1 Å². The summed E-state index contributed by atoms with van der Waals surface area (Å²) in [6.07, 6.45) is -4.21. The molecule has 0 saturated heterocycles. The molecule has 0 aliphatic carbocycles. The Morgan fingerprint density at radius 2 is 2.00 bits per heavy atom. The van der Waals surface area contributed by atoms with E-state index in [4.69, 9.17) is 0 Å². The summed E-state index contributed by atoms with van der Waals surface area (Å²) in [5, 5.41) is 2.18. The van der Waals surface area contributed by atoms with Gasteiger partial charge in [-0.1, -0.05) is 13.3 Å². The van der Waals surface area contributed by atoms with E-state index in [2.05, 4.69) is 5.32 Å².